The zero-order chi connectivity index (χ0) is 7.90. The van der Waals surface area contributed by atoms with Gasteiger partial charge in [-0.2, -0.15) is 0 Å². The number of hydrogen-bond acceptors (Lipinski definition) is 3. The molecule has 1 heterocycles. The third-order valence-corrected chi connectivity index (χ3v) is 3.18. The van der Waals surface area contributed by atoms with Crippen molar-refractivity contribution in [2.75, 3.05) is 26.7 Å². The maximum absolute atomic E-state index is 5.94. The largest absolute Gasteiger partial charge is 0.303 e. The van der Waals surface area contributed by atoms with Gasteiger partial charge in [-0.3, -0.25) is 5.84 Å². The average molecular weight is 155 g/mol. The van der Waals surface area contributed by atoms with E-state index < -0.39 is 0 Å². The van der Waals surface area contributed by atoms with Crippen LogP contribution in [0.2, 0.25) is 0 Å². The van der Waals surface area contributed by atoms with E-state index in [1.54, 1.807) is 0 Å². The van der Waals surface area contributed by atoms with Crippen molar-refractivity contribution >= 4 is 0 Å². The first kappa shape index (κ1) is 7.53. The highest BCUT2D eigenvalue weighted by Crippen LogP contribution is 2.37. The van der Waals surface area contributed by atoms with Crippen molar-refractivity contribution in [2.24, 2.45) is 5.84 Å². The Kier molecular flexibility index (Phi) is 1.67. The second-order valence-electron chi connectivity index (χ2n) is 4.01. The fourth-order valence-electron chi connectivity index (χ4n) is 2.22. The van der Waals surface area contributed by atoms with Gasteiger partial charge in [0.1, 0.15) is 0 Å². The van der Waals surface area contributed by atoms with Gasteiger partial charge >= 0.3 is 0 Å². The van der Waals surface area contributed by atoms with Crippen LogP contribution in [0.25, 0.3) is 0 Å². The fraction of sp³-hybridized carbons (Fsp3) is 1.00. The lowest BCUT2D eigenvalue weighted by molar-refractivity contribution is -0.0463. The standard InChI is InChI=1S/C8H17N3/c1-10-5-6-11(9)8(7-10)3-2-4-8/h2-7,9H2,1H3. The van der Waals surface area contributed by atoms with Gasteiger partial charge in [-0.25, -0.2) is 5.01 Å². The molecule has 1 aliphatic carbocycles. The van der Waals surface area contributed by atoms with Gasteiger partial charge in [0.25, 0.3) is 0 Å². The van der Waals surface area contributed by atoms with Crippen molar-refractivity contribution in [2.45, 2.75) is 24.8 Å². The summed E-state index contributed by atoms with van der Waals surface area (Å²) in [5, 5.41) is 2.07. The summed E-state index contributed by atoms with van der Waals surface area (Å²) in [4.78, 5) is 2.39. The summed E-state index contributed by atoms with van der Waals surface area (Å²) in [7, 11) is 2.19. The number of nitrogens with zero attached hydrogens (tertiary/aromatic N) is 2. The third-order valence-electron chi connectivity index (χ3n) is 3.18. The predicted molar refractivity (Wildman–Crippen MR) is 45.0 cm³/mol. The summed E-state index contributed by atoms with van der Waals surface area (Å²) in [5.41, 5.74) is 0.368. The Labute approximate surface area is 68.1 Å². The second-order valence-corrected chi connectivity index (χ2v) is 4.01. The molecular formula is C8H17N3. The Balaban J connectivity index is 2.04. The van der Waals surface area contributed by atoms with E-state index in [9.17, 15) is 0 Å². The van der Waals surface area contributed by atoms with Crippen LogP contribution < -0.4 is 5.84 Å². The fourth-order valence-corrected chi connectivity index (χ4v) is 2.22. The van der Waals surface area contributed by atoms with Crippen molar-refractivity contribution in [3.05, 3.63) is 0 Å². The molecule has 3 nitrogen and oxygen atoms in total. The van der Waals surface area contributed by atoms with Crippen LogP contribution in [0.5, 0.6) is 0 Å². The zero-order valence-electron chi connectivity index (χ0n) is 7.21. The molecule has 2 fully saturated rings. The molecule has 1 spiro atoms. The highest BCUT2D eigenvalue weighted by Gasteiger charge is 2.44. The molecule has 0 aromatic carbocycles. The molecule has 3 heteroatoms. The van der Waals surface area contributed by atoms with Crippen molar-refractivity contribution in [3.63, 3.8) is 0 Å². The Morgan fingerprint density at radius 1 is 1.27 bits per heavy atom. The Bertz CT molecular complexity index is 153. The molecule has 11 heavy (non-hydrogen) atoms. The molecule has 2 rings (SSSR count). The molecule has 0 amide bonds. The van der Waals surface area contributed by atoms with Gasteiger partial charge in [-0.1, -0.05) is 0 Å². The SMILES string of the molecule is CN1CCN(N)C2(CCC2)C1. The highest BCUT2D eigenvalue weighted by molar-refractivity contribution is 5.00. The lowest BCUT2D eigenvalue weighted by Gasteiger charge is -2.53. The van der Waals surface area contributed by atoms with Gasteiger partial charge in [0, 0.05) is 25.2 Å². The maximum Gasteiger partial charge on any atom is 0.0479 e. The minimum atomic E-state index is 0.368. The topological polar surface area (TPSA) is 32.5 Å². The van der Waals surface area contributed by atoms with Crippen LogP contribution in [0.15, 0.2) is 0 Å². The molecule has 1 saturated carbocycles. The van der Waals surface area contributed by atoms with Crippen molar-refractivity contribution in [1.82, 2.24) is 9.91 Å². The smallest absolute Gasteiger partial charge is 0.0479 e. The highest BCUT2D eigenvalue weighted by atomic mass is 15.5. The number of hydrazine groups is 1. The van der Waals surface area contributed by atoms with Crippen LogP contribution in [-0.4, -0.2) is 42.1 Å². The number of hydrogen-bond donors (Lipinski definition) is 1. The summed E-state index contributed by atoms with van der Waals surface area (Å²) in [6.45, 7) is 3.33. The van der Waals surface area contributed by atoms with E-state index in [4.69, 9.17) is 5.84 Å². The van der Waals surface area contributed by atoms with E-state index in [1.807, 2.05) is 0 Å². The molecular weight excluding hydrogens is 138 g/mol. The average Bonchev–Trinajstić information content (AvgIpc) is 1.91. The van der Waals surface area contributed by atoms with Gasteiger partial charge in [0.2, 0.25) is 0 Å². The van der Waals surface area contributed by atoms with E-state index in [-0.39, 0.29) is 0 Å². The van der Waals surface area contributed by atoms with Gasteiger partial charge in [-0.15, -0.1) is 0 Å². The molecule has 0 unspecified atom stereocenters. The second kappa shape index (κ2) is 2.44. The van der Waals surface area contributed by atoms with Crippen LogP contribution in [0.3, 0.4) is 0 Å². The number of rotatable bonds is 0. The van der Waals surface area contributed by atoms with E-state index in [0.29, 0.717) is 5.54 Å². The molecule has 0 atom stereocenters. The van der Waals surface area contributed by atoms with Gasteiger partial charge in [0.15, 0.2) is 0 Å². The normalized spacial score (nSPS) is 32.2. The zero-order valence-corrected chi connectivity index (χ0v) is 7.21. The third kappa shape index (κ3) is 1.08. The van der Waals surface area contributed by atoms with Crippen LogP contribution >= 0.6 is 0 Å². The van der Waals surface area contributed by atoms with E-state index in [1.165, 1.54) is 25.8 Å². The molecule has 1 saturated heterocycles. The number of piperazine rings is 1. The predicted octanol–water partition coefficient (Wildman–Crippen LogP) is 0.0302. The summed E-state index contributed by atoms with van der Waals surface area (Å²) in [6, 6.07) is 0. The first-order chi connectivity index (χ1) is 5.23. The van der Waals surface area contributed by atoms with E-state index in [0.717, 1.165) is 13.1 Å². The summed E-state index contributed by atoms with van der Waals surface area (Å²) in [6.07, 6.45) is 3.96. The van der Waals surface area contributed by atoms with Crippen LogP contribution in [0, 0.1) is 0 Å². The number of likely N-dealkylation sites (N-methyl/N-ethyl adjacent to an activating group) is 1. The monoisotopic (exact) mass is 155 g/mol. The molecule has 0 aromatic heterocycles. The summed E-state index contributed by atoms with van der Waals surface area (Å²) >= 11 is 0. The van der Waals surface area contributed by atoms with Gasteiger partial charge in [-0.05, 0) is 26.3 Å². The molecule has 0 radical (unpaired) electrons. The Morgan fingerprint density at radius 3 is 2.45 bits per heavy atom. The van der Waals surface area contributed by atoms with Crippen molar-refractivity contribution in [3.8, 4) is 0 Å². The maximum atomic E-state index is 5.94. The lowest BCUT2D eigenvalue weighted by atomic mass is 9.75. The molecule has 0 bridgehead atoms. The van der Waals surface area contributed by atoms with Crippen molar-refractivity contribution in [1.29, 1.82) is 0 Å². The van der Waals surface area contributed by atoms with Gasteiger partial charge < -0.3 is 4.90 Å². The van der Waals surface area contributed by atoms with Crippen LogP contribution in [0.1, 0.15) is 19.3 Å². The van der Waals surface area contributed by atoms with Gasteiger partial charge in [0.05, 0.1) is 0 Å². The first-order valence-corrected chi connectivity index (χ1v) is 4.44. The lowest BCUT2D eigenvalue weighted by Crippen LogP contribution is -2.67. The first-order valence-electron chi connectivity index (χ1n) is 4.44. The molecule has 2 aliphatic rings. The summed E-state index contributed by atoms with van der Waals surface area (Å²) in [5.74, 6) is 5.94. The molecule has 0 aromatic rings. The Hall–Kier alpha value is -0.120. The molecule has 1 aliphatic heterocycles. The minimum absolute atomic E-state index is 0.368. The van der Waals surface area contributed by atoms with Crippen LogP contribution in [0.4, 0.5) is 0 Å². The number of nitrogens with two attached hydrogens (primary N) is 1. The molecule has 2 N–H and O–H groups in total. The Morgan fingerprint density at radius 2 is 2.00 bits per heavy atom. The minimum Gasteiger partial charge on any atom is -0.303 e. The van der Waals surface area contributed by atoms with E-state index in [2.05, 4.69) is 17.0 Å². The molecule has 64 valence electrons. The van der Waals surface area contributed by atoms with E-state index >= 15 is 0 Å². The van der Waals surface area contributed by atoms with Crippen LogP contribution in [-0.2, 0) is 0 Å². The quantitative estimate of drug-likeness (QED) is 0.501. The summed E-state index contributed by atoms with van der Waals surface area (Å²) < 4.78 is 0. The van der Waals surface area contributed by atoms with Crippen molar-refractivity contribution < 1.29 is 0 Å².